The van der Waals surface area contributed by atoms with Gasteiger partial charge in [0.25, 0.3) is 0 Å². The van der Waals surface area contributed by atoms with Gasteiger partial charge in [-0.1, -0.05) is 11.6 Å². The number of benzene rings is 1. The molecule has 0 aromatic heterocycles. The van der Waals surface area contributed by atoms with Crippen LogP contribution in [0, 0.1) is 20.8 Å². The minimum absolute atomic E-state index is 0.0424. The summed E-state index contributed by atoms with van der Waals surface area (Å²) >= 11 is 5.90. The van der Waals surface area contributed by atoms with E-state index in [1.165, 1.54) is 0 Å². The van der Waals surface area contributed by atoms with Gasteiger partial charge in [0.15, 0.2) is 0 Å². The lowest BCUT2D eigenvalue weighted by Crippen LogP contribution is -2.06. The Morgan fingerprint density at radius 2 is 1.73 bits per heavy atom. The topological polar surface area (TPSA) is 57.5 Å². The molecule has 0 amide bonds. The summed E-state index contributed by atoms with van der Waals surface area (Å²) in [5.41, 5.74) is 2.75. The first-order valence-electron chi connectivity index (χ1n) is 4.55. The van der Waals surface area contributed by atoms with E-state index in [1.54, 1.807) is 20.8 Å². The van der Waals surface area contributed by atoms with E-state index in [0.717, 1.165) is 5.56 Å². The van der Waals surface area contributed by atoms with Crippen LogP contribution in [0.3, 0.4) is 0 Å². The largest absolute Gasteiger partial charge is 0.506 e. The molecule has 0 aliphatic heterocycles. The van der Waals surface area contributed by atoms with Gasteiger partial charge in [0.1, 0.15) is 5.75 Å². The fourth-order valence-electron chi connectivity index (χ4n) is 1.58. The summed E-state index contributed by atoms with van der Waals surface area (Å²) in [6.07, 6.45) is -0.0709. The Bertz CT molecular complexity index is 395. The number of phenolic OH excluding ortho intramolecular Hbond substituents is 1. The molecule has 82 valence electrons. The normalized spacial score (nSPS) is 10.4. The second-order valence-corrected chi connectivity index (χ2v) is 3.96. The second-order valence-electron chi connectivity index (χ2n) is 3.59. The first-order chi connectivity index (χ1) is 6.86. The van der Waals surface area contributed by atoms with Crippen LogP contribution in [0.5, 0.6) is 5.75 Å². The van der Waals surface area contributed by atoms with Crippen molar-refractivity contribution in [2.75, 3.05) is 0 Å². The van der Waals surface area contributed by atoms with E-state index in [1.807, 2.05) is 0 Å². The first-order valence-corrected chi connectivity index (χ1v) is 4.93. The third-order valence-corrected chi connectivity index (χ3v) is 3.15. The number of aliphatic carboxylic acids is 1. The van der Waals surface area contributed by atoms with Gasteiger partial charge in [-0.15, -0.1) is 0 Å². The Hall–Kier alpha value is -1.22. The standard InChI is InChI=1S/C11H13ClO3/c1-5-6(2)11(15)10(12)7(3)8(5)4-9(13)14/h15H,4H2,1-3H3,(H,13,14). The molecular formula is C11H13ClO3. The number of phenols is 1. The van der Waals surface area contributed by atoms with Crippen molar-refractivity contribution in [1.29, 1.82) is 0 Å². The van der Waals surface area contributed by atoms with Crippen LogP contribution in [-0.2, 0) is 11.2 Å². The predicted molar refractivity (Wildman–Crippen MR) is 58.7 cm³/mol. The van der Waals surface area contributed by atoms with Gasteiger partial charge in [0.05, 0.1) is 11.4 Å². The minimum Gasteiger partial charge on any atom is -0.506 e. The lowest BCUT2D eigenvalue weighted by molar-refractivity contribution is -0.136. The average molecular weight is 229 g/mol. The lowest BCUT2D eigenvalue weighted by Gasteiger charge is -2.14. The Morgan fingerprint density at radius 1 is 1.20 bits per heavy atom. The van der Waals surface area contributed by atoms with Crippen LogP contribution < -0.4 is 0 Å². The number of carbonyl (C=O) groups is 1. The van der Waals surface area contributed by atoms with Gasteiger partial charge >= 0.3 is 5.97 Å². The van der Waals surface area contributed by atoms with Crippen molar-refractivity contribution in [2.45, 2.75) is 27.2 Å². The van der Waals surface area contributed by atoms with Crippen molar-refractivity contribution < 1.29 is 15.0 Å². The van der Waals surface area contributed by atoms with E-state index in [-0.39, 0.29) is 17.2 Å². The zero-order valence-electron chi connectivity index (χ0n) is 8.89. The molecular weight excluding hydrogens is 216 g/mol. The Morgan fingerprint density at radius 3 is 2.20 bits per heavy atom. The Kier molecular flexibility index (Phi) is 3.25. The SMILES string of the molecule is Cc1c(C)c(CC(=O)O)c(C)c(Cl)c1O. The molecule has 2 N–H and O–H groups in total. The fourth-order valence-corrected chi connectivity index (χ4v) is 1.83. The number of carboxylic acid groups (broad SMARTS) is 1. The van der Waals surface area contributed by atoms with Crippen LogP contribution in [-0.4, -0.2) is 16.2 Å². The van der Waals surface area contributed by atoms with E-state index in [9.17, 15) is 9.90 Å². The highest BCUT2D eigenvalue weighted by Crippen LogP contribution is 2.35. The van der Waals surface area contributed by atoms with Crippen molar-refractivity contribution in [2.24, 2.45) is 0 Å². The monoisotopic (exact) mass is 228 g/mol. The van der Waals surface area contributed by atoms with Crippen LogP contribution in [0.2, 0.25) is 5.02 Å². The smallest absolute Gasteiger partial charge is 0.307 e. The quantitative estimate of drug-likeness (QED) is 0.818. The summed E-state index contributed by atoms with van der Waals surface area (Å²) in [5.74, 6) is -0.858. The molecule has 1 aromatic rings. The van der Waals surface area contributed by atoms with Gasteiger partial charge < -0.3 is 10.2 Å². The summed E-state index contributed by atoms with van der Waals surface area (Å²) in [6.45, 7) is 5.23. The van der Waals surface area contributed by atoms with Crippen molar-refractivity contribution in [3.63, 3.8) is 0 Å². The summed E-state index contributed by atoms with van der Waals surface area (Å²) < 4.78 is 0. The predicted octanol–water partition coefficient (Wildman–Crippen LogP) is 2.60. The van der Waals surface area contributed by atoms with Crippen LogP contribution in [0.15, 0.2) is 0 Å². The van der Waals surface area contributed by atoms with Gasteiger partial charge in [-0.05, 0) is 43.0 Å². The van der Waals surface area contributed by atoms with E-state index in [0.29, 0.717) is 16.7 Å². The van der Waals surface area contributed by atoms with Gasteiger partial charge in [0.2, 0.25) is 0 Å². The fraction of sp³-hybridized carbons (Fsp3) is 0.364. The summed E-state index contributed by atoms with van der Waals surface area (Å²) in [6, 6.07) is 0. The number of aromatic hydroxyl groups is 1. The maximum absolute atomic E-state index is 10.7. The molecule has 1 rings (SSSR count). The first kappa shape index (κ1) is 11.9. The summed E-state index contributed by atoms with van der Waals surface area (Å²) in [7, 11) is 0. The average Bonchev–Trinajstić information content (AvgIpc) is 2.18. The molecule has 4 heteroatoms. The summed E-state index contributed by atoms with van der Waals surface area (Å²) in [4.78, 5) is 10.7. The van der Waals surface area contributed by atoms with Crippen LogP contribution >= 0.6 is 11.6 Å². The molecule has 0 aliphatic carbocycles. The van der Waals surface area contributed by atoms with E-state index in [2.05, 4.69) is 0 Å². The highest BCUT2D eigenvalue weighted by atomic mass is 35.5. The molecule has 0 spiro atoms. The number of rotatable bonds is 2. The van der Waals surface area contributed by atoms with Gasteiger partial charge in [-0.25, -0.2) is 0 Å². The molecule has 0 heterocycles. The maximum Gasteiger partial charge on any atom is 0.307 e. The van der Waals surface area contributed by atoms with Crippen molar-refractivity contribution in [1.82, 2.24) is 0 Å². The minimum atomic E-state index is -0.901. The molecule has 0 aliphatic rings. The summed E-state index contributed by atoms with van der Waals surface area (Å²) in [5, 5.41) is 18.7. The Labute approximate surface area is 93.3 Å². The van der Waals surface area contributed by atoms with Gasteiger partial charge in [-0.3, -0.25) is 4.79 Å². The third-order valence-electron chi connectivity index (χ3n) is 2.69. The van der Waals surface area contributed by atoms with Crippen LogP contribution in [0.25, 0.3) is 0 Å². The molecule has 0 bridgehead atoms. The molecule has 0 fully saturated rings. The van der Waals surface area contributed by atoms with Crippen LogP contribution in [0.1, 0.15) is 22.3 Å². The Balaban J connectivity index is 3.45. The maximum atomic E-state index is 10.7. The van der Waals surface area contributed by atoms with Gasteiger partial charge in [-0.2, -0.15) is 0 Å². The molecule has 1 aromatic carbocycles. The van der Waals surface area contributed by atoms with E-state index in [4.69, 9.17) is 16.7 Å². The number of halogens is 1. The van der Waals surface area contributed by atoms with E-state index < -0.39 is 5.97 Å². The zero-order valence-corrected chi connectivity index (χ0v) is 9.64. The van der Waals surface area contributed by atoms with Crippen molar-refractivity contribution in [3.8, 4) is 5.75 Å². The molecule has 0 saturated carbocycles. The van der Waals surface area contributed by atoms with E-state index >= 15 is 0 Å². The molecule has 0 unspecified atom stereocenters. The number of carboxylic acids is 1. The van der Waals surface area contributed by atoms with Crippen molar-refractivity contribution >= 4 is 17.6 Å². The molecule has 0 atom stereocenters. The second kappa shape index (κ2) is 4.11. The molecule has 0 radical (unpaired) electrons. The highest BCUT2D eigenvalue weighted by Gasteiger charge is 2.16. The zero-order chi connectivity index (χ0) is 11.7. The third kappa shape index (κ3) is 2.07. The molecule has 15 heavy (non-hydrogen) atoms. The van der Waals surface area contributed by atoms with Crippen LogP contribution in [0.4, 0.5) is 0 Å². The lowest BCUT2D eigenvalue weighted by atomic mass is 9.95. The molecule has 0 saturated heterocycles. The van der Waals surface area contributed by atoms with Crippen molar-refractivity contribution in [3.05, 3.63) is 27.3 Å². The highest BCUT2D eigenvalue weighted by molar-refractivity contribution is 6.33. The number of hydrogen-bond acceptors (Lipinski definition) is 2. The number of hydrogen-bond donors (Lipinski definition) is 2. The van der Waals surface area contributed by atoms with Gasteiger partial charge in [0, 0.05) is 0 Å². The molecule has 3 nitrogen and oxygen atoms in total.